The maximum atomic E-state index is 12.3. The maximum Gasteiger partial charge on any atom is 0.228 e. The van der Waals surface area contributed by atoms with Crippen molar-refractivity contribution in [2.75, 3.05) is 0 Å². The van der Waals surface area contributed by atoms with Crippen LogP contribution in [0.3, 0.4) is 0 Å². The van der Waals surface area contributed by atoms with Gasteiger partial charge in [0.05, 0.1) is 14.7 Å². The van der Waals surface area contributed by atoms with Gasteiger partial charge in [0.1, 0.15) is 0 Å². The van der Waals surface area contributed by atoms with Crippen LogP contribution in [0.25, 0.3) is 0 Å². The van der Waals surface area contributed by atoms with E-state index < -0.39 is 0 Å². The fraction of sp³-hybridized carbons (Fsp3) is 0.533. The molecule has 2 rings (SSSR count). The minimum absolute atomic E-state index is 0.0339. The zero-order valence-electron chi connectivity index (χ0n) is 11.5. The lowest BCUT2D eigenvalue weighted by Gasteiger charge is -2.19. The van der Waals surface area contributed by atoms with E-state index in [1.165, 1.54) is 5.56 Å². The fourth-order valence-corrected chi connectivity index (χ4v) is 3.61. The highest BCUT2D eigenvalue weighted by Crippen LogP contribution is 2.66. The third kappa shape index (κ3) is 2.89. The third-order valence-electron chi connectivity index (χ3n) is 3.99. The van der Waals surface area contributed by atoms with Crippen LogP contribution in [-0.2, 0) is 11.2 Å². The average molecular weight is 389 g/mol. The summed E-state index contributed by atoms with van der Waals surface area (Å²) in [5, 5.41) is 3.09. The Kier molecular flexibility index (Phi) is 4.12. The molecule has 2 nitrogen and oxygen atoms in total. The van der Waals surface area contributed by atoms with Crippen LogP contribution in [0, 0.1) is 5.41 Å². The van der Waals surface area contributed by atoms with E-state index in [1.54, 1.807) is 0 Å². The molecular weight excluding hydrogens is 370 g/mol. The van der Waals surface area contributed by atoms with Gasteiger partial charge in [0.25, 0.3) is 0 Å². The number of alkyl halides is 2. The van der Waals surface area contributed by atoms with Crippen molar-refractivity contribution in [3.05, 3.63) is 35.4 Å². The normalized spacial score (nSPS) is 25.7. The van der Waals surface area contributed by atoms with Crippen molar-refractivity contribution in [1.29, 1.82) is 0 Å². The van der Waals surface area contributed by atoms with E-state index in [0.29, 0.717) is 0 Å². The highest BCUT2D eigenvalue weighted by atomic mass is 79.9. The van der Waals surface area contributed by atoms with E-state index in [1.807, 2.05) is 13.8 Å². The van der Waals surface area contributed by atoms with Crippen LogP contribution >= 0.6 is 31.9 Å². The molecule has 0 aromatic heterocycles. The summed E-state index contributed by atoms with van der Waals surface area (Å²) in [6.45, 7) is 6.13. The molecule has 4 heteroatoms. The van der Waals surface area contributed by atoms with Gasteiger partial charge in [-0.3, -0.25) is 4.79 Å². The summed E-state index contributed by atoms with van der Waals surface area (Å²) in [5.74, 6) is 0.0910. The van der Waals surface area contributed by atoms with Gasteiger partial charge in [0.2, 0.25) is 5.91 Å². The highest BCUT2D eigenvalue weighted by molar-refractivity contribution is 9.25. The SMILES string of the molecule is CCc1ccc([C@@H](C)NC(=O)[C@]2(C)CC2(Br)Br)cc1. The number of carbonyl (C=O) groups is 1. The Balaban J connectivity index is 2.01. The van der Waals surface area contributed by atoms with Crippen molar-refractivity contribution in [3.8, 4) is 0 Å². The Morgan fingerprint density at radius 3 is 2.32 bits per heavy atom. The van der Waals surface area contributed by atoms with Crippen LogP contribution in [0.4, 0.5) is 0 Å². The maximum absolute atomic E-state index is 12.3. The molecular formula is C15H19Br2NO. The van der Waals surface area contributed by atoms with Crippen molar-refractivity contribution in [3.63, 3.8) is 0 Å². The predicted octanol–water partition coefficient (Wildman–Crippen LogP) is 4.32. The molecule has 1 aliphatic carbocycles. The number of hydrogen-bond acceptors (Lipinski definition) is 1. The molecule has 0 bridgehead atoms. The first-order valence-corrected chi connectivity index (χ1v) is 8.16. The van der Waals surface area contributed by atoms with Crippen LogP contribution in [0.2, 0.25) is 0 Å². The topological polar surface area (TPSA) is 29.1 Å². The summed E-state index contributed by atoms with van der Waals surface area (Å²) in [4.78, 5) is 12.3. The molecule has 1 aromatic carbocycles. The summed E-state index contributed by atoms with van der Waals surface area (Å²) in [7, 11) is 0. The second kappa shape index (κ2) is 5.21. The molecule has 0 saturated heterocycles. The van der Waals surface area contributed by atoms with E-state index in [4.69, 9.17) is 0 Å². The molecule has 19 heavy (non-hydrogen) atoms. The molecule has 0 unspecified atom stereocenters. The standard InChI is InChI=1S/C15H19Br2NO/c1-4-11-5-7-12(8-6-11)10(2)18-13(19)14(3)9-15(14,16)17/h5-8,10H,4,9H2,1-3H3,(H,18,19)/t10-,14+/m1/s1. The molecule has 1 aliphatic rings. The first-order chi connectivity index (χ1) is 8.80. The lowest BCUT2D eigenvalue weighted by atomic mass is 10.0. The van der Waals surface area contributed by atoms with Gasteiger partial charge in [-0.25, -0.2) is 0 Å². The number of amides is 1. The highest BCUT2D eigenvalue weighted by Gasteiger charge is 2.66. The number of rotatable bonds is 4. The summed E-state index contributed by atoms with van der Waals surface area (Å²) >= 11 is 7.06. The smallest absolute Gasteiger partial charge is 0.228 e. The van der Waals surface area contributed by atoms with Gasteiger partial charge in [-0.05, 0) is 37.8 Å². The summed E-state index contributed by atoms with van der Waals surface area (Å²) in [6.07, 6.45) is 1.85. The van der Waals surface area contributed by atoms with Gasteiger partial charge < -0.3 is 5.32 Å². The summed E-state index contributed by atoms with van der Waals surface area (Å²) in [5.41, 5.74) is 2.10. The van der Waals surface area contributed by atoms with Gasteiger partial charge >= 0.3 is 0 Å². The van der Waals surface area contributed by atoms with Crippen molar-refractivity contribution >= 4 is 37.8 Å². The van der Waals surface area contributed by atoms with Crippen molar-refractivity contribution in [2.24, 2.45) is 5.41 Å². The van der Waals surface area contributed by atoms with Crippen molar-refractivity contribution in [1.82, 2.24) is 5.32 Å². The molecule has 1 saturated carbocycles. The molecule has 0 aliphatic heterocycles. The molecule has 1 aromatic rings. The van der Waals surface area contributed by atoms with Gasteiger partial charge in [0, 0.05) is 0 Å². The Bertz CT molecular complexity index is 483. The molecule has 1 fully saturated rings. The first-order valence-electron chi connectivity index (χ1n) is 6.58. The lowest BCUT2D eigenvalue weighted by Crippen LogP contribution is -2.34. The summed E-state index contributed by atoms with van der Waals surface area (Å²) in [6, 6.07) is 8.46. The number of nitrogens with one attached hydrogen (secondary N) is 1. The molecule has 0 radical (unpaired) electrons. The minimum Gasteiger partial charge on any atom is -0.349 e. The monoisotopic (exact) mass is 387 g/mol. The number of aryl methyl sites for hydroxylation is 1. The lowest BCUT2D eigenvalue weighted by molar-refractivity contribution is -0.126. The van der Waals surface area contributed by atoms with Crippen LogP contribution in [0.15, 0.2) is 24.3 Å². The number of hydrogen-bond donors (Lipinski definition) is 1. The van der Waals surface area contributed by atoms with Crippen molar-refractivity contribution in [2.45, 2.75) is 42.9 Å². The van der Waals surface area contributed by atoms with Gasteiger partial charge in [-0.2, -0.15) is 0 Å². The Labute approximate surface area is 131 Å². The minimum atomic E-state index is -0.357. The van der Waals surface area contributed by atoms with Crippen LogP contribution in [-0.4, -0.2) is 9.14 Å². The fourth-order valence-electron chi connectivity index (χ4n) is 2.13. The van der Waals surface area contributed by atoms with Crippen LogP contribution in [0.1, 0.15) is 44.4 Å². The molecule has 1 N–H and O–H groups in total. The van der Waals surface area contributed by atoms with Gasteiger partial charge in [0.15, 0.2) is 0 Å². The number of halogens is 2. The molecule has 2 atom stereocenters. The zero-order valence-corrected chi connectivity index (χ0v) is 14.6. The molecule has 0 heterocycles. The Morgan fingerprint density at radius 1 is 1.37 bits per heavy atom. The third-order valence-corrected chi connectivity index (χ3v) is 6.31. The van der Waals surface area contributed by atoms with Gasteiger partial charge in [-0.15, -0.1) is 0 Å². The first kappa shape index (κ1) is 15.0. The second-order valence-electron chi connectivity index (χ2n) is 5.50. The number of carbonyl (C=O) groups excluding carboxylic acids is 1. The number of benzene rings is 1. The average Bonchev–Trinajstić information content (AvgIpc) is 2.90. The Hall–Kier alpha value is -0.350. The van der Waals surface area contributed by atoms with Crippen molar-refractivity contribution < 1.29 is 4.79 Å². The molecule has 0 spiro atoms. The predicted molar refractivity (Wildman–Crippen MR) is 85.7 cm³/mol. The summed E-state index contributed by atoms with van der Waals surface area (Å²) < 4.78 is -0.233. The van der Waals surface area contributed by atoms with Gasteiger partial charge in [-0.1, -0.05) is 63.0 Å². The zero-order chi connectivity index (χ0) is 14.3. The van der Waals surface area contributed by atoms with E-state index >= 15 is 0 Å². The molecule has 1 amide bonds. The largest absolute Gasteiger partial charge is 0.349 e. The van der Waals surface area contributed by atoms with E-state index in [9.17, 15) is 4.79 Å². The van der Waals surface area contributed by atoms with Crippen LogP contribution in [0.5, 0.6) is 0 Å². The van der Waals surface area contributed by atoms with E-state index in [0.717, 1.165) is 18.4 Å². The molecule has 104 valence electrons. The Morgan fingerprint density at radius 2 is 1.89 bits per heavy atom. The van der Waals surface area contributed by atoms with E-state index in [-0.39, 0.29) is 20.6 Å². The van der Waals surface area contributed by atoms with Crippen LogP contribution < -0.4 is 5.32 Å². The second-order valence-corrected chi connectivity index (χ2v) is 9.28. The van der Waals surface area contributed by atoms with E-state index in [2.05, 4.69) is 68.4 Å². The quantitative estimate of drug-likeness (QED) is 0.764.